The molecule has 1 aromatic rings. The van der Waals surface area contributed by atoms with Gasteiger partial charge in [-0.3, -0.25) is 0 Å². The number of benzene rings is 1. The summed E-state index contributed by atoms with van der Waals surface area (Å²) in [6.45, 7) is 7.99. The van der Waals surface area contributed by atoms with Gasteiger partial charge in [0.25, 0.3) is 0 Å². The summed E-state index contributed by atoms with van der Waals surface area (Å²) >= 11 is 0. The minimum Gasteiger partial charge on any atom is -0.306 e. The Morgan fingerprint density at radius 2 is 2.13 bits per heavy atom. The lowest BCUT2D eigenvalue weighted by molar-refractivity contribution is 0.533. The molecule has 3 heteroatoms. The molecular formula is C12H15F2N. The van der Waals surface area contributed by atoms with E-state index in [2.05, 4.69) is 11.9 Å². The highest BCUT2D eigenvalue weighted by Crippen LogP contribution is 2.17. The Morgan fingerprint density at radius 1 is 1.47 bits per heavy atom. The molecule has 0 radical (unpaired) electrons. The maximum absolute atomic E-state index is 13.3. The van der Waals surface area contributed by atoms with Crippen molar-refractivity contribution in [1.29, 1.82) is 0 Å². The Labute approximate surface area is 88.8 Å². The lowest BCUT2D eigenvalue weighted by Crippen LogP contribution is -2.21. The van der Waals surface area contributed by atoms with Gasteiger partial charge >= 0.3 is 0 Å². The van der Waals surface area contributed by atoms with Crippen molar-refractivity contribution in [3.63, 3.8) is 0 Å². The van der Waals surface area contributed by atoms with E-state index in [1.807, 2.05) is 6.92 Å². The molecular weight excluding hydrogens is 196 g/mol. The normalized spacial score (nSPS) is 12.5. The number of halogens is 2. The van der Waals surface area contributed by atoms with E-state index in [4.69, 9.17) is 0 Å². The van der Waals surface area contributed by atoms with Gasteiger partial charge in [0.05, 0.1) is 0 Å². The average Bonchev–Trinajstić information content (AvgIpc) is 2.18. The van der Waals surface area contributed by atoms with Crippen LogP contribution in [0.15, 0.2) is 30.4 Å². The van der Waals surface area contributed by atoms with Gasteiger partial charge in [-0.05, 0) is 32.0 Å². The molecule has 82 valence electrons. The molecule has 0 aliphatic carbocycles. The minimum absolute atomic E-state index is 0.225. The van der Waals surface area contributed by atoms with Crippen LogP contribution in [0.1, 0.15) is 25.5 Å². The van der Waals surface area contributed by atoms with Crippen LogP contribution in [0.4, 0.5) is 8.78 Å². The van der Waals surface area contributed by atoms with Crippen LogP contribution in [-0.4, -0.2) is 6.54 Å². The molecule has 0 heterocycles. The molecule has 0 saturated carbocycles. The molecule has 15 heavy (non-hydrogen) atoms. The van der Waals surface area contributed by atoms with E-state index in [9.17, 15) is 8.78 Å². The number of hydrogen-bond acceptors (Lipinski definition) is 1. The minimum atomic E-state index is -0.421. The molecule has 0 spiro atoms. The molecule has 0 aliphatic heterocycles. The van der Waals surface area contributed by atoms with Gasteiger partial charge in [0.15, 0.2) is 0 Å². The Bertz CT molecular complexity index is 361. The first-order chi connectivity index (χ1) is 7.00. The van der Waals surface area contributed by atoms with Crippen molar-refractivity contribution in [3.8, 4) is 0 Å². The number of rotatable bonds is 4. The SMILES string of the molecule is C=C(C)CNC(C)c1cc(F)ccc1F. The molecule has 0 saturated heterocycles. The van der Waals surface area contributed by atoms with Gasteiger partial charge in [-0.1, -0.05) is 12.2 Å². The molecule has 1 rings (SSSR count). The fraction of sp³-hybridized carbons (Fsp3) is 0.333. The van der Waals surface area contributed by atoms with Crippen molar-refractivity contribution in [2.24, 2.45) is 0 Å². The summed E-state index contributed by atoms with van der Waals surface area (Å²) in [7, 11) is 0. The van der Waals surface area contributed by atoms with Crippen molar-refractivity contribution in [2.45, 2.75) is 19.9 Å². The van der Waals surface area contributed by atoms with Crippen molar-refractivity contribution < 1.29 is 8.78 Å². The van der Waals surface area contributed by atoms with Gasteiger partial charge in [-0.25, -0.2) is 8.78 Å². The van der Waals surface area contributed by atoms with Gasteiger partial charge < -0.3 is 5.32 Å². The first kappa shape index (κ1) is 11.9. The van der Waals surface area contributed by atoms with Crippen molar-refractivity contribution in [1.82, 2.24) is 5.32 Å². The summed E-state index contributed by atoms with van der Waals surface area (Å²) in [5.74, 6) is -0.812. The van der Waals surface area contributed by atoms with Crippen LogP contribution in [0.25, 0.3) is 0 Å². The van der Waals surface area contributed by atoms with Gasteiger partial charge in [-0.15, -0.1) is 0 Å². The molecule has 1 atom stereocenters. The van der Waals surface area contributed by atoms with Crippen molar-refractivity contribution in [3.05, 3.63) is 47.5 Å². The molecule has 0 aliphatic rings. The quantitative estimate of drug-likeness (QED) is 0.754. The second-order valence-corrected chi connectivity index (χ2v) is 3.73. The third-order valence-corrected chi connectivity index (χ3v) is 2.13. The highest BCUT2D eigenvalue weighted by atomic mass is 19.1. The molecule has 1 nitrogen and oxygen atoms in total. The topological polar surface area (TPSA) is 12.0 Å². The van der Waals surface area contributed by atoms with Gasteiger partial charge in [-0.2, -0.15) is 0 Å². The highest BCUT2D eigenvalue weighted by Gasteiger charge is 2.10. The second-order valence-electron chi connectivity index (χ2n) is 3.73. The first-order valence-corrected chi connectivity index (χ1v) is 4.83. The lowest BCUT2D eigenvalue weighted by atomic mass is 10.1. The molecule has 0 fully saturated rings. The zero-order valence-corrected chi connectivity index (χ0v) is 8.98. The summed E-state index contributed by atoms with van der Waals surface area (Å²) < 4.78 is 26.2. The van der Waals surface area contributed by atoms with E-state index in [1.54, 1.807) is 6.92 Å². The summed E-state index contributed by atoms with van der Waals surface area (Å²) in [4.78, 5) is 0. The molecule has 1 N–H and O–H groups in total. The fourth-order valence-corrected chi connectivity index (χ4v) is 1.28. The number of hydrogen-bond donors (Lipinski definition) is 1. The highest BCUT2D eigenvalue weighted by molar-refractivity contribution is 5.22. The van der Waals surface area contributed by atoms with Gasteiger partial charge in [0.2, 0.25) is 0 Å². The van der Waals surface area contributed by atoms with E-state index < -0.39 is 11.6 Å². The number of nitrogens with one attached hydrogen (secondary N) is 1. The Balaban J connectivity index is 2.76. The largest absolute Gasteiger partial charge is 0.306 e. The molecule has 1 unspecified atom stereocenters. The Kier molecular flexibility index (Phi) is 3.97. The van der Waals surface area contributed by atoms with Crippen LogP contribution in [0.3, 0.4) is 0 Å². The van der Waals surface area contributed by atoms with Crippen LogP contribution in [-0.2, 0) is 0 Å². The van der Waals surface area contributed by atoms with E-state index in [-0.39, 0.29) is 6.04 Å². The molecule has 0 bridgehead atoms. The second kappa shape index (κ2) is 5.03. The Morgan fingerprint density at radius 3 is 2.73 bits per heavy atom. The van der Waals surface area contributed by atoms with E-state index in [0.29, 0.717) is 12.1 Å². The predicted octanol–water partition coefficient (Wildman–Crippen LogP) is 3.19. The Hall–Kier alpha value is -1.22. The van der Waals surface area contributed by atoms with Gasteiger partial charge in [0.1, 0.15) is 11.6 Å². The van der Waals surface area contributed by atoms with Crippen LogP contribution >= 0.6 is 0 Å². The van der Waals surface area contributed by atoms with Crippen LogP contribution < -0.4 is 5.32 Å². The van der Waals surface area contributed by atoms with Crippen LogP contribution in [0.2, 0.25) is 0 Å². The predicted molar refractivity (Wildman–Crippen MR) is 57.6 cm³/mol. The molecule has 0 aromatic heterocycles. The van der Waals surface area contributed by atoms with Crippen LogP contribution in [0, 0.1) is 11.6 Å². The fourth-order valence-electron chi connectivity index (χ4n) is 1.28. The summed E-state index contributed by atoms with van der Waals surface area (Å²) in [5, 5.41) is 3.06. The zero-order valence-electron chi connectivity index (χ0n) is 8.98. The summed E-state index contributed by atoms with van der Waals surface area (Å²) in [6, 6.07) is 3.25. The van der Waals surface area contributed by atoms with Crippen molar-refractivity contribution in [2.75, 3.05) is 6.54 Å². The zero-order chi connectivity index (χ0) is 11.4. The van der Waals surface area contributed by atoms with E-state index >= 15 is 0 Å². The first-order valence-electron chi connectivity index (χ1n) is 4.83. The maximum atomic E-state index is 13.3. The average molecular weight is 211 g/mol. The van der Waals surface area contributed by atoms with E-state index in [0.717, 1.165) is 17.7 Å². The molecule has 1 aromatic carbocycles. The smallest absolute Gasteiger partial charge is 0.128 e. The summed E-state index contributed by atoms with van der Waals surface area (Å²) in [5.41, 5.74) is 1.30. The monoisotopic (exact) mass is 211 g/mol. The maximum Gasteiger partial charge on any atom is 0.128 e. The summed E-state index contributed by atoms with van der Waals surface area (Å²) in [6.07, 6.45) is 0. The van der Waals surface area contributed by atoms with Crippen LogP contribution in [0.5, 0.6) is 0 Å². The van der Waals surface area contributed by atoms with E-state index in [1.165, 1.54) is 6.07 Å². The lowest BCUT2D eigenvalue weighted by Gasteiger charge is -2.15. The van der Waals surface area contributed by atoms with Gasteiger partial charge in [0, 0.05) is 18.2 Å². The molecule has 0 amide bonds. The van der Waals surface area contributed by atoms with Crippen molar-refractivity contribution >= 4 is 0 Å². The standard InChI is InChI=1S/C12H15F2N/c1-8(2)7-15-9(3)11-6-10(13)4-5-12(11)14/h4-6,9,15H,1,7H2,2-3H3. The third-order valence-electron chi connectivity index (χ3n) is 2.13. The third kappa shape index (κ3) is 3.44.